The van der Waals surface area contributed by atoms with E-state index in [9.17, 15) is 15.0 Å². The molecule has 176 valence electrons. The first kappa shape index (κ1) is 23.3. The van der Waals surface area contributed by atoms with E-state index in [0.717, 1.165) is 28.7 Å². The summed E-state index contributed by atoms with van der Waals surface area (Å²) in [5.74, 6) is -0.0251. The van der Waals surface area contributed by atoms with E-state index in [-0.39, 0.29) is 17.9 Å². The first-order valence-corrected chi connectivity index (χ1v) is 11.3. The Morgan fingerprint density at radius 1 is 1.12 bits per heavy atom. The molecule has 2 aromatic carbocycles. The van der Waals surface area contributed by atoms with Gasteiger partial charge in [-0.3, -0.25) is 0 Å². The molecule has 0 saturated heterocycles. The Kier molecular flexibility index (Phi) is 6.56. The SMILES string of the molecule is CCCc1nc(C(C)(O)CC)c(C(=O)O)n1Cc1ccc(-c2ccccc2)c(-c2nn[nH]n2)c1. The third kappa shape index (κ3) is 4.47. The van der Waals surface area contributed by atoms with Gasteiger partial charge in [0.1, 0.15) is 17.1 Å². The number of hydrogen-bond donors (Lipinski definition) is 3. The van der Waals surface area contributed by atoms with Crippen molar-refractivity contribution in [2.75, 3.05) is 0 Å². The van der Waals surface area contributed by atoms with Crippen molar-refractivity contribution in [3.63, 3.8) is 0 Å². The molecule has 0 aliphatic rings. The molecule has 0 saturated carbocycles. The predicted octanol–water partition coefficient (Wildman–Crippen LogP) is 4.05. The van der Waals surface area contributed by atoms with Crippen LogP contribution in [-0.2, 0) is 18.6 Å². The molecule has 9 heteroatoms. The zero-order chi connectivity index (χ0) is 24.3. The van der Waals surface area contributed by atoms with E-state index in [1.54, 1.807) is 11.5 Å². The molecular formula is C25H28N6O3. The Balaban J connectivity index is 1.84. The second kappa shape index (κ2) is 9.56. The number of aromatic nitrogens is 6. The van der Waals surface area contributed by atoms with Crippen LogP contribution >= 0.6 is 0 Å². The van der Waals surface area contributed by atoms with Crippen LogP contribution in [0.4, 0.5) is 0 Å². The highest BCUT2D eigenvalue weighted by Crippen LogP contribution is 2.32. The Bertz CT molecular complexity index is 1280. The average molecular weight is 461 g/mol. The number of rotatable bonds is 9. The molecule has 3 N–H and O–H groups in total. The molecule has 34 heavy (non-hydrogen) atoms. The molecule has 1 atom stereocenters. The summed E-state index contributed by atoms with van der Waals surface area (Å²) in [5, 5.41) is 35.5. The Morgan fingerprint density at radius 3 is 2.50 bits per heavy atom. The van der Waals surface area contributed by atoms with Gasteiger partial charge >= 0.3 is 5.97 Å². The Morgan fingerprint density at radius 2 is 1.88 bits per heavy atom. The summed E-state index contributed by atoms with van der Waals surface area (Å²) in [6, 6.07) is 15.8. The molecule has 2 aromatic heterocycles. The van der Waals surface area contributed by atoms with E-state index >= 15 is 0 Å². The van der Waals surface area contributed by atoms with Gasteiger partial charge in [-0.2, -0.15) is 5.21 Å². The number of benzene rings is 2. The van der Waals surface area contributed by atoms with E-state index in [0.29, 0.717) is 24.5 Å². The lowest BCUT2D eigenvalue weighted by Gasteiger charge is -2.20. The number of nitrogens with zero attached hydrogens (tertiary/aromatic N) is 5. The fourth-order valence-corrected chi connectivity index (χ4v) is 4.05. The first-order valence-electron chi connectivity index (χ1n) is 11.3. The largest absolute Gasteiger partial charge is 0.477 e. The van der Waals surface area contributed by atoms with Crippen LogP contribution in [-0.4, -0.2) is 46.4 Å². The van der Waals surface area contributed by atoms with Crippen LogP contribution in [0.15, 0.2) is 48.5 Å². The smallest absolute Gasteiger partial charge is 0.354 e. The number of nitrogens with one attached hydrogen (secondary N) is 1. The highest BCUT2D eigenvalue weighted by Gasteiger charge is 2.33. The van der Waals surface area contributed by atoms with E-state index in [4.69, 9.17) is 0 Å². The van der Waals surface area contributed by atoms with Crippen LogP contribution in [0.3, 0.4) is 0 Å². The summed E-state index contributed by atoms with van der Waals surface area (Å²) in [7, 11) is 0. The maximum absolute atomic E-state index is 12.3. The van der Waals surface area contributed by atoms with Crippen molar-refractivity contribution >= 4 is 5.97 Å². The van der Waals surface area contributed by atoms with Gasteiger partial charge in [0, 0.05) is 18.5 Å². The first-order chi connectivity index (χ1) is 16.4. The lowest BCUT2D eigenvalue weighted by Crippen LogP contribution is -2.24. The highest BCUT2D eigenvalue weighted by molar-refractivity contribution is 5.88. The standard InChI is InChI=1S/C25H28N6O3/c1-4-9-20-26-22(25(3,34)5-2)21(24(32)33)31(20)15-16-12-13-18(17-10-7-6-8-11-17)19(14-16)23-27-29-30-28-23/h6-8,10-14,34H,4-5,9,15H2,1-3H3,(H,32,33)(H,27,28,29,30). The number of carboxylic acids is 1. The van der Waals surface area contributed by atoms with Crippen LogP contribution < -0.4 is 0 Å². The summed E-state index contributed by atoms with van der Waals surface area (Å²) < 4.78 is 1.70. The van der Waals surface area contributed by atoms with Gasteiger partial charge in [-0.25, -0.2) is 9.78 Å². The molecule has 0 amide bonds. The van der Waals surface area contributed by atoms with Crippen LogP contribution in [0.2, 0.25) is 0 Å². The quantitative estimate of drug-likeness (QED) is 0.343. The monoisotopic (exact) mass is 460 g/mol. The lowest BCUT2D eigenvalue weighted by molar-refractivity contribution is 0.0441. The van der Waals surface area contributed by atoms with Crippen LogP contribution in [0.25, 0.3) is 22.5 Å². The van der Waals surface area contributed by atoms with Gasteiger partial charge in [0.15, 0.2) is 5.69 Å². The number of carboxylic acid groups (broad SMARTS) is 1. The van der Waals surface area contributed by atoms with Crippen LogP contribution in [0.5, 0.6) is 0 Å². The Labute approximate surface area is 197 Å². The van der Waals surface area contributed by atoms with Gasteiger partial charge in [-0.1, -0.05) is 56.3 Å². The van der Waals surface area contributed by atoms with Crippen molar-refractivity contribution in [1.29, 1.82) is 0 Å². The number of aromatic amines is 1. The molecule has 0 fully saturated rings. The van der Waals surface area contributed by atoms with Gasteiger partial charge in [0.2, 0.25) is 5.82 Å². The molecule has 0 bridgehead atoms. The number of imidazole rings is 1. The van der Waals surface area contributed by atoms with Crippen molar-refractivity contribution in [1.82, 2.24) is 30.2 Å². The zero-order valence-corrected chi connectivity index (χ0v) is 19.5. The molecule has 1 unspecified atom stereocenters. The molecule has 4 rings (SSSR count). The number of aromatic carboxylic acids is 1. The maximum Gasteiger partial charge on any atom is 0.354 e. The van der Waals surface area contributed by atoms with Crippen molar-refractivity contribution < 1.29 is 15.0 Å². The summed E-state index contributed by atoms with van der Waals surface area (Å²) in [6.07, 6.45) is 1.74. The minimum Gasteiger partial charge on any atom is -0.477 e. The fourth-order valence-electron chi connectivity index (χ4n) is 4.05. The lowest BCUT2D eigenvalue weighted by atomic mass is 9.96. The number of aliphatic hydroxyl groups is 1. The van der Waals surface area contributed by atoms with E-state index in [1.807, 2.05) is 62.4 Å². The van der Waals surface area contributed by atoms with Crippen molar-refractivity contribution in [2.24, 2.45) is 0 Å². The van der Waals surface area contributed by atoms with Gasteiger partial charge in [0.25, 0.3) is 0 Å². The number of aryl methyl sites for hydroxylation is 1. The van der Waals surface area contributed by atoms with Crippen molar-refractivity contribution in [3.8, 4) is 22.5 Å². The molecule has 0 aliphatic carbocycles. The number of hydrogen-bond acceptors (Lipinski definition) is 6. The van der Waals surface area contributed by atoms with Gasteiger partial charge in [-0.05, 0) is 47.7 Å². The predicted molar refractivity (Wildman–Crippen MR) is 127 cm³/mol. The molecule has 0 radical (unpaired) electrons. The summed E-state index contributed by atoms with van der Waals surface area (Å²) in [5.41, 5.74) is 2.48. The van der Waals surface area contributed by atoms with Gasteiger partial charge in [0.05, 0.1) is 0 Å². The van der Waals surface area contributed by atoms with Gasteiger partial charge < -0.3 is 14.8 Å². The maximum atomic E-state index is 12.3. The van der Waals surface area contributed by atoms with E-state index in [1.165, 1.54) is 0 Å². The molecular weight excluding hydrogens is 432 g/mol. The van der Waals surface area contributed by atoms with Crippen molar-refractivity contribution in [2.45, 2.75) is 52.2 Å². The molecule has 0 spiro atoms. The summed E-state index contributed by atoms with van der Waals surface area (Å²) >= 11 is 0. The third-order valence-electron chi connectivity index (χ3n) is 6.02. The minimum atomic E-state index is -1.34. The molecule has 4 aromatic rings. The second-order valence-corrected chi connectivity index (χ2v) is 8.48. The van der Waals surface area contributed by atoms with Crippen molar-refractivity contribution in [3.05, 3.63) is 71.3 Å². The number of H-pyrrole nitrogens is 1. The van der Waals surface area contributed by atoms with Crippen LogP contribution in [0, 0.1) is 0 Å². The second-order valence-electron chi connectivity index (χ2n) is 8.48. The minimum absolute atomic E-state index is 0.0172. The van der Waals surface area contributed by atoms with Crippen LogP contribution in [0.1, 0.15) is 61.2 Å². The fraction of sp³-hybridized carbons (Fsp3) is 0.320. The van der Waals surface area contributed by atoms with Gasteiger partial charge in [-0.15, -0.1) is 10.2 Å². The van der Waals surface area contributed by atoms with E-state index in [2.05, 4.69) is 25.6 Å². The Hall–Kier alpha value is -3.85. The number of tetrazole rings is 1. The number of carbonyl (C=O) groups is 1. The average Bonchev–Trinajstić information content (AvgIpc) is 3.49. The normalized spacial score (nSPS) is 13.1. The third-order valence-corrected chi connectivity index (χ3v) is 6.02. The summed E-state index contributed by atoms with van der Waals surface area (Å²) in [6.45, 7) is 5.71. The highest BCUT2D eigenvalue weighted by atomic mass is 16.4. The molecule has 0 aliphatic heterocycles. The zero-order valence-electron chi connectivity index (χ0n) is 19.5. The summed E-state index contributed by atoms with van der Waals surface area (Å²) in [4.78, 5) is 16.9. The topological polar surface area (TPSA) is 130 Å². The molecule has 2 heterocycles. The molecule has 9 nitrogen and oxygen atoms in total. The van der Waals surface area contributed by atoms with E-state index < -0.39 is 11.6 Å².